The van der Waals surface area contributed by atoms with Gasteiger partial charge in [-0.05, 0) is 42.8 Å². The molecule has 0 radical (unpaired) electrons. The lowest BCUT2D eigenvalue weighted by molar-refractivity contribution is 0.596. The first-order valence-corrected chi connectivity index (χ1v) is 6.07. The SMILES string of the molecule is CCNC(C)c1ccn(Cc2ccncc2)c1. The Labute approximate surface area is 103 Å². The standard InChI is InChI=1S/C14H19N3/c1-3-16-12(2)14-6-9-17(11-14)10-13-4-7-15-8-5-13/h4-9,11-12,16H,3,10H2,1-2H3. The Morgan fingerprint density at radius 2 is 2.06 bits per heavy atom. The van der Waals surface area contributed by atoms with Gasteiger partial charge in [-0.1, -0.05) is 6.92 Å². The second-order valence-electron chi connectivity index (χ2n) is 4.25. The predicted molar refractivity (Wildman–Crippen MR) is 69.9 cm³/mol. The largest absolute Gasteiger partial charge is 0.350 e. The number of hydrogen-bond acceptors (Lipinski definition) is 2. The van der Waals surface area contributed by atoms with Crippen LogP contribution in [0.2, 0.25) is 0 Å². The Kier molecular flexibility index (Phi) is 3.94. The van der Waals surface area contributed by atoms with Crippen molar-refractivity contribution in [2.24, 2.45) is 0 Å². The fourth-order valence-electron chi connectivity index (χ4n) is 1.94. The minimum atomic E-state index is 0.415. The van der Waals surface area contributed by atoms with Crippen molar-refractivity contribution in [3.63, 3.8) is 0 Å². The van der Waals surface area contributed by atoms with Crippen molar-refractivity contribution in [3.8, 4) is 0 Å². The molecule has 2 aromatic rings. The van der Waals surface area contributed by atoms with Crippen LogP contribution in [0.15, 0.2) is 43.0 Å². The maximum atomic E-state index is 4.03. The average molecular weight is 229 g/mol. The van der Waals surface area contributed by atoms with Crippen molar-refractivity contribution in [2.75, 3.05) is 6.54 Å². The zero-order valence-corrected chi connectivity index (χ0v) is 10.4. The first kappa shape index (κ1) is 11.9. The van der Waals surface area contributed by atoms with Gasteiger partial charge in [0.1, 0.15) is 0 Å². The van der Waals surface area contributed by atoms with E-state index in [4.69, 9.17) is 0 Å². The summed E-state index contributed by atoms with van der Waals surface area (Å²) in [5.74, 6) is 0. The third kappa shape index (κ3) is 3.17. The second kappa shape index (κ2) is 5.64. The molecular weight excluding hydrogens is 210 g/mol. The number of nitrogens with one attached hydrogen (secondary N) is 1. The van der Waals surface area contributed by atoms with E-state index in [-0.39, 0.29) is 0 Å². The molecule has 0 saturated heterocycles. The third-order valence-corrected chi connectivity index (χ3v) is 2.90. The van der Waals surface area contributed by atoms with Crippen molar-refractivity contribution in [1.29, 1.82) is 0 Å². The van der Waals surface area contributed by atoms with Crippen molar-refractivity contribution >= 4 is 0 Å². The summed E-state index contributed by atoms with van der Waals surface area (Å²) < 4.78 is 2.21. The average Bonchev–Trinajstić information content (AvgIpc) is 2.79. The van der Waals surface area contributed by atoms with Gasteiger partial charge >= 0.3 is 0 Å². The van der Waals surface area contributed by atoms with Gasteiger partial charge in [0.15, 0.2) is 0 Å². The van der Waals surface area contributed by atoms with E-state index in [1.54, 1.807) is 0 Å². The van der Waals surface area contributed by atoms with Gasteiger partial charge in [-0.3, -0.25) is 4.98 Å². The van der Waals surface area contributed by atoms with Crippen LogP contribution in [-0.4, -0.2) is 16.1 Å². The summed E-state index contributed by atoms with van der Waals surface area (Å²) in [5, 5.41) is 3.42. The van der Waals surface area contributed by atoms with Gasteiger partial charge in [-0.2, -0.15) is 0 Å². The smallest absolute Gasteiger partial charge is 0.0471 e. The highest BCUT2D eigenvalue weighted by Crippen LogP contribution is 2.13. The minimum absolute atomic E-state index is 0.415. The van der Waals surface area contributed by atoms with E-state index in [0.29, 0.717) is 6.04 Å². The fraction of sp³-hybridized carbons (Fsp3) is 0.357. The molecule has 2 rings (SSSR count). The zero-order valence-electron chi connectivity index (χ0n) is 10.4. The molecule has 2 heterocycles. The maximum absolute atomic E-state index is 4.03. The molecular formula is C14H19N3. The summed E-state index contributed by atoms with van der Waals surface area (Å²) in [6, 6.07) is 6.69. The summed E-state index contributed by atoms with van der Waals surface area (Å²) >= 11 is 0. The zero-order chi connectivity index (χ0) is 12.1. The van der Waals surface area contributed by atoms with E-state index in [2.05, 4.69) is 47.2 Å². The molecule has 0 aliphatic carbocycles. The molecule has 3 nitrogen and oxygen atoms in total. The molecule has 1 N–H and O–H groups in total. The van der Waals surface area contributed by atoms with E-state index in [9.17, 15) is 0 Å². The van der Waals surface area contributed by atoms with Crippen LogP contribution in [0.4, 0.5) is 0 Å². The number of pyridine rings is 1. The van der Waals surface area contributed by atoms with Crippen LogP contribution in [0.1, 0.15) is 31.0 Å². The van der Waals surface area contributed by atoms with E-state index in [1.807, 2.05) is 24.5 Å². The van der Waals surface area contributed by atoms with Crippen LogP contribution in [0.25, 0.3) is 0 Å². The Bertz CT molecular complexity index is 448. The molecule has 17 heavy (non-hydrogen) atoms. The molecule has 0 bridgehead atoms. The van der Waals surface area contributed by atoms with Crippen LogP contribution in [0, 0.1) is 0 Å². The van der Waals surface area contributed by atoms with Crippen LogP contribution >= 0.6 is 0 Å². The topological polar surface area (TPSA) is 29.9 Å². The first-order valence-electron chi connectivity index (χ1n) is 6.07. The molecule has 0 fully saturated rings. The number of aromatic nitrogens is 2. The Balaban J connectivity index is 2.04. The Morgan fingerprint density at radius 1 is 1.29 bits per heavy atom. The highest BCUT2D eigenvalue weighted by Gasteiger charge is 2.05. The monoisotopic (exact) mass is 229 g/mol. The lowest BCUT2D eigenvalue weighted by Gasteiger charge is -2.09. The first-order chi connectivity index (χ1) is 8.29. The number of nitrogens with zero attached hydrogens (tertiary/aromatic N) is 2. The van der Waals surface area contributed by atoms with Crippen LogP contribution in [0.3, 0.4) is 0 Å². The molecule has 0 aliphatic rings. The van der Waals surface area contributed by atoms with Gasteiger partial charge in [0.05, 0.1) is 0 Å². The normalized spacial score (nSPS) is 12.6. The van der Waals surface area contributed by atoms with E-state index in [1.165, 1.54) is 11.1 Å². The molecule has 0 saturated carbocycles. The summed E-state index contributed by atoms with van der Waals surface area (Å²) in [5.41, 5.74) is 2.61. The number of rotatable bonds is 5. The van der Waals surface area contributed by atoms with Gasteiger partial charge in [0.25, 0.3) is 0 Å². The van der Waals surface area contributed by atoms with Crippen LogP contribution in [0.5, 0.6) is 0 Å². The molecule has 0 aliphatic heterocycles. The Hall–Kier alpha value is -1.61. The van der Waals surface area contributed by atoms with Gasteiger partial charge in [0, 0.05) is 37.4 Å². The van der Waals surface area contributed by atoms with Gasteiger partial charge in [0.2, 0.25) is 0 Å². The molecule has 0 spiro atoms. The van der Waals surface area contributed by atoms with Gasteiger partial charge < -0.3 is 9.88 Å². The molecule has 0 aromatic carbocycles. The summed E-state index contributed by atoms with van der Waals surface area (Å²) in [6.45, 7) is 6.22. The van der Waals surface area contributed by atoms with E-state index < -0.39 is 0 Å². The summed E-state index contributed by atoms with van der Waals surface area (Å²) in [4.78, 5) is 4.03. The van der Waals surface area contributed by atoms with Crippen LogP contribution < -0.4 is 5.32 Å². The molecule has 2 aromatic heterocycles. The predicted octanol–water partition coefficient (Wildman–Crippen LogP) is 2.60. The molecule has 90 valence electrons. The van der Waals surface area contributed by atoms with Crippen molar-refractivity contribution in [3.05, 3.63) is 54.1 Å². The lowest BCUT2D eigenvalue weighted by atomic mass is 10.2. The van der Waals surface area contributed by atoms with Crippen molar-refractivity contribution in [2.45, 2.75) is 26.4 Å². The molecule has 0 amide bonds. The van der Waals surface area contributed by atoms with E-state index >= 15 is 0 Å². The van der Waals surface area contributed by atoms with E-state index in [0.717, 1.165) is 13.1 Å². The van der Waals surface area contributed by atoms with Crippen molar-refractivity contribution < 1.29 is 0 Å². The highest BCUT2D eigenvalue weighted by molar-refractivity contribution is 5.17. The van der Waals surface area contributed by atoms with Crippen LogP contribution in [-0.2, 0) is 6.54 Å². The Morgan fingerprint density at radius 3 is 2.76 bits per heavy atom. The lowest BCUT2D eigenvalue weighted by Crippen LogP contribution is -2.17. The molecule has 1 unspecified atom stereocenters. The van der Waals surface area contributed by atoms with Crippen molar-refractivity contribution in [1.82, 2.24) is 14.9 Å². The third-order valence-electron chi connectivity index (χ3n) is 2.90. The second-order valence-corrected chi connectivity index (χ2v) is 4.25. The van der Waals surface area contributed by atoms with Gasteiger partial charge in [-0.15, -0.1) is 0 Å². The summed E-state index contributed by atoms with van der Waals surface area (Å²) in [7, 11) is 0. The quantitative estimate of drug-likeness (QED) is 0.854. The fourth-order valence-corrected chi connectivity index (χ4v) is 1.94. The van der Waals surface area contributed by atoms with Gasteiger partial charge in [-0.25, -0.2) is 0 Å². The molecule has 1 atom stereocenters. The maximum Gasteiger partial charge on any atom is 0.0471 e. The summed E-state index contributed by atoms with van der Waals surface area (Å²) in [6.07, 6.45) is 8.00. The minimum Gasteiger partial charge on any atom is -0.350 e. The highest BCUT2D eigenvalue weighted by atomic mass is 15.0. The number of hydrogen-bond donors (Lipinski definition) is 1. The molecule has 3 heteroatoms.